The molecule has 0 aromatic carbocycles. The Bertz CT molecular complexity index is 541. The topological polar surface area (TPSA) is 120 Å². The predicted octanol–water partition coefficient (Wildman–Crippen LogP) is 0.956. The minimum absolute atomic E-state index is 0.0499. The van der Waals surface area contributed by atoms with E-state index in [1.807, 2.05) is 6.26 Å². The Kier molecular flexibility index (Phi) is 4.38. The van der Waals surface area contributed by atoms with Crippen LogP contribution in [0.4, 0.5) is 11.6 Å². The number of nitrogens with one attached hydrogen (secondary N) is 1. The van der Waals surface area contributed by atoms with Gasteiger partial charge in [-0.05, 0) is 28.1 Å². The van der Waals surface area contributed by atoms with Crippen LogP contribution >= 0.6 is 35.1 Å². The van der Waals surface area contributed by atoms with E-state index in [0.29, 0.717) is 5.16 Å². The van der Waals surface area contributed by atoms with Crippen LogP contribution in [0.1, 0.15) is 0 Å². The third-order valence-corrected chi connectivity index (χ3v) is 4.17. The van der Waals surface area contributed by atoms with Crippen molar-refractivity contribution in [3.63, 3.8) is 0 Å². The van der Waals surface area contributed by atoms with Crippen molar-refractivity contribution in [2.75, 3.05) is 23.1 Å². The summed E-state index contributed by atoms with van der Waals surface area (Å²) in [6, 6.07) is 0. The highest BCUT2D eigenvalue weighted by molar-refractivity contribution is 8.01. The number of hydrogen-bond acceptors (Lipinski definition) is 10. The maximum atomic E-state index is 11.6. The lowest BCUT2D eigenvalue weighted by Gasteiger charge is -1.98. The fourth-order valence-electron chi connectivity index (χ4n) is 0.916. The number of rotatable bonds is 5. The van der Waals surface area contributed by atoms with Crippen LogP contribution < -0.4 is 11.1 Å². The fourth-order valence-corrected chi connectivity index (χ4v) is 2.93. The van der Waals surface area contributed by atoms with Crippen molar-refractivity contribution in [2.45, 2.75) is 9.50 Å². The highest BCUT2D eigenvalue weighted by Gasteiger charge is 2.12. The van der Waals surface area contributed by atoms with E-state index < -0.39 is 0 Å². The van der Waals surface area contributed by atoms with Gasteiger partial charge in [-0.1, -0.05) is 23.5 Å². The molecule has 0 saturated carbocycles. The summed E-state index contributed by atoms with van der Waals surface area (Å²) in [5, 5.41) is 9.98. The number of aromatic nitrogens is 4. The van der Waals surface area contributed by atoms with Crippen LogP contribution in [0.25, 0.3) is 0 Å². The Morgan fingerprint density at radius 2 is 2.39 bits per heavy atom. The number of carbonyl (C=O) groups is 1. The van der Waals surface area contributed by atoms with Gasteiger partial charge in [0.05, 0.1) is 5.75 Å². The molecule has 0 aliphatic carbocycles. The van der Waals surface area contributed by atoms with E-state index >= 15 is 0 Å². The third-order valence-electron chi connectivity index (χ3n) is 1.67. The first-order valence-corrected chi connectivity index (χ1v) is 7.56. The molecule has 18 heavy (non-hydrogen) atoms. The van der Waals surface area contributed by atoms with E-state index in [-0.39, 0.29) is 23.3 Å². The number of anilines is 2. The predicted molar refractivity (Wildman–Crippen MR) is 69.8 cm³/mol. The van der Waals surface area contributed by atoms with Crippen molar-refractivity contribution in [1.29, 1.82) is 0 Å². The molecule has 0 aliphatic rings. The van der Waals surface area contributed by atoms with Gasteiger partial charge in [0.15, 0.2) is 4.34 Å². The van der Waals surface area contributed by atoms with E-state index in [1.54, 1.807) is 0 Å². The van der Waals surface area contributed by atoms with Crippen molar-refractivity contribution in [3.05, 3.63) is 0 Å². The second-order valence-corrected chi connectivity index (χ2v) is 5.63. The Labute approximate surface area is 114 Å². The normalized spacial score (nSPS) is 10.5. The van der Waals surface area contributed by atoms with Crippen LogP contribution in [0.15, 0.2) is 14.1 Å². The molecule has 11 heteroatoms. The maximum Gasteiger partial charge on any atom is 0.236 e. The van der Waals surface area contributed by atoms with Gasteiger partial charge < -0.3 is 11.1 Å². The van der Waals surface area contributed by atoms with Gasteiger partial charge in [0.1, 0.15) is 0 Å². The first-order valence-electron chi connectivity index (χ1n) is 4.57. The molecular weight excluding hydrogens is 296 g/mol. The molecule has 0 unspecified atom stereocenters. The number of nitrogens with two attached hydrogens (primary N) is 1. The molecular formula is C7H8N6O2S3. The van der Waals surface area contributed by atoms with E-state index in [1.165, 1.54) is 35.1 Å². The zero-order valence-corrected chi connectivity index (χ0v) is 11.6. The zero-order chi connectivity index (χ0) is 13.0. The van der Waals surface area contributed by atoms with Crippen LogP contribution in [0.2, 0.25) is 0 Å². The van der Waals surface area contributed by atoms with Crippen LogP contribution in [0, 0.1) is 0 Å². The summed E-state index contributed by atoms with van der Waals surface area (Å²) < 4.78 is 9.18. The monoisotopic (exact) mass is 304 g/mol. The van der Waals surface area contributed by atoms with Gasteiger partial charge in [-0.25, -0.2) is 9.61 Å². The van der Waals surface area contributed by atoms with E-state index in [4.69, 9.17) is 5.73 Å². The molecule has 0 aliphatic heterocycles. The number of nitrogens with zero attached hydrogens (tertiary/aromatic N) is 4. The van der Waals surface area contributed by atoms with Gasteiger partial charge in [-0.15, -0.1) is 0 Å². The molecule has 0 bridgehead atoms. The zero-order valence-electron chi connectivity index (χ0n) is 9.11. The molecule has 0 radical (unpaired) electrons. The molecule has 0 spiro atoms. The van der Waals surface area contributed by atoms with Crippen LogP contribution in [0.5, 0.6) is 0 Å². The minimum atomic E-state index is -0.261. The third kappa shape index (κ3) is 3.34. The Hall–Kier alpha value is -1.33. The summed E-state index contributed by atoms with van der Waals surface area (Å²) in [5.74, 6) is 0.106. The smallest absolute Gasteiger partial charge is 0.236 e. The first-order chi connectivity index (χ1) is 8.69. The van der Waals surface area contributed by atoms with Gasteiger partial charge >= 0.3 is 0 Å². The maximum absolute atomic E-state index is 11.6. The van der Waals surface area contributed by atoms with Crippen molar-refractivity contribution >= 4 is 52.6 Å². The van der Waals surface area contributed by atoms with Gasteiger partial charge in [-0.2, -0.15) is 4.37 Å². The summed E-state index contributed by atoms with van der Waals surface area (Å²) >= 11 is 4.01. The van der Waals surface area contributed by atoms with Gasteiger partial charge in [0.25, 0.3) is 0 Å². The van der Waals surface area contributed by atoms with E-state index in [9.17, 15) is 4.79 Å². The van der Waals surface area contributed by atoms with Crippen molar-refractivity contribution in [1.82, 2.24) is 19.7 Å². The van der Waals surface area contributed by atoms with Crippen molar-refractivity contribution in [2.24, 2.45) is 0 Å². The minimum Gasteiger partial charge on any atom is -0.378 e. The second kappa shape index (κ2) is 6.02. The van der Waals surface area contributed by atoms with Gasteiger partial charge in [-0.3, -0.25) is 4.79 Å². The molecule has 2 rings (SSSR count). The number of thioether (sulfide) groups is 2. The molecule has 96 valence electrons. The number of carbonyl (C=O) groups excluding carboxylic acids is 1. The summed E-state index contributed by atoms with van der Waals surface area (Å²) in [5.41, 5.74) is 5.41. The van der Waals surface area contributed by atoms with Crippen LogP contribution in [-0.2, 0) is 4.79 Å². The standard InChI is InChI=1S/C7H8N6O2S3/c1-16-6-10-7(18-13-6)17-2-3(14)9-5-4(8)11-15-12-5/h2H2,1H3,(H2,8,11)(H,9,12,14). The van der Waals surface area contributed by atoms with Gasteiger partial charge in [0.2, 0.25) is 22.7 Å². The quantitative estimate of drug-likeness (QED) is 0.778. The second-order valence-electron chi connectivity index (χ2n) is 2.88. The highest BCUT2D eigenvalue weighted by Crippen LogP contribution is 2.23. The van der Waals surface area contributed by atoms with E-state index in [2.05, 4.69) is 29.6 Å². The Morgan fingerprint density at radius 1 is 1.56 bits per heavy atom. The molecule has 8 nitrogen and oxygen atoms in total. The summed E-state index contributed by atoms with van der Waals surface area (Å²) in [6.07, 6.45) is 1.89. The molecule has 2 aromatic rings. The summed E-state index contributed by atoms with van der Waals surface area (Å²) in [7, 11) is 0. The average Bonchev–Trinajstić information content (AvgIpc) is 2.97. The summed E-state index contributed by atoms with van der Waals surface area (Å²) in [6.45, 7) is 0. The molecule has 0 saturated heterocycles. The lowest BCUT2D eigenvalue weighted by molar-refractivity contribution is -0.113. The summed E-state index contributed by atoms with van der Waals surface area (Å²) in [4.78, 5) is 15.8. The number of nitrogen functional groups attached to an aromatic ring is 1. The largest absolute Gasteiger partial charge is 0.378 e. The lowest BCUT2D eigenvalue weighted by Crippen LogP contribution is -2.15. The lowest BCUT2D eigenvalue weighted by atomic mass is 10.6. The number of hydrogen-bond donors (Lipinski definition) is 2. The fraction of sp³-hybridized carbons (Fsp3) is 0.286. The van der Waals surface area contributed by atoms with E-state index in [0.717, 1.165) is 4.34 Å². The highest BCUT2D eigenvalue weighted by atomic mass is 32.2. The van der Waals surface area contributed by atoms with Gasteiger partial charge in [0, 0.05) is 0 Å². The van der Waals surface area contributed by atoms with Crippen LogP contribution in [0.3, 0.4) is 0 Å². The molecule has 1 amide bonds. The molecule has 0 atom stereocenters. The molecule has 2 aromatic heterocycles. The SMILES string of the molecule is CSc1nsc(SCC(=O)Nc2nonc2N)n1. The Balaban J connectivity index is 1.83. The molecule has 0 fully saturated rings. The number of amides is 1. The van der Waals surface area contributed by atoms with Crippen molar-refractivity contribution < 1.29 is 9.42 Å². The molecule has 2 heterocycles. The first kappa shape index (κ1) is 13.1. The average molecular weight is 304 g/mol. The molecule has 3 N–H and O–H groups in total. The van der Waals surface area contributed by atoms with Crippen molar-refractivity contribution in [3.8, 4) is 0 Å². The van der Waals surface area contributed by atoms with Crippen LogP contribution in [-0.4, -0.2) is 37.6 Å². The Morgan fingerprint density at radius 3 is 3.00 bits per heavy atom.